The molecular weight excluding hydrogens is 365 g/mol. The Hall–Kier alpha value is -1.87. The average molecular weight is 384 g/mol. The molecule has 2 saturated heterocycles. The topological polar surface area (TPSA) is 20.3 Å². The van der Waals surface area contributed by atoms with Gasteiger partial charge in [-0.1, -0.05) is 59.6 Å². The molecule has 0 unspecified atom stereocenters. The van der Waals surface area contributed by atoms with Crippen molar-refractivity contribution in [3.8, 4) is 0 Å². The molecule has 0 spiro atoms. The van der Waals surface area contributed by atoms with Crippen LogP contribution >= 0.6 is 23.2 Å². The number of fused-ring (bicyclic) bond motifs is 2. The van der Waals surface area contributed by atoms with Gasteiger partial charge in [0.15, 0.2) is 5.78 Å². The van der Waals surface area contributed by atoms with Crippen LogP contribution in [-0.4, -0.2) is 29.8 Å². The number of rotatable bonds is 2. The Labute approximate surface area is 163 Å². The summed E-state index contributed by atoms with van der Waals surface area (Å²) in [6.07, 6.45) is 5.85. The van der Waals surface area contributed by atoms with Crippen molar-refractivity contribution in [3.05, 3.63) is 80.8 Å². The van der Waals surface area contributed by atoms with E-state index in [4.69, 9.17) is 23.2 Å². The summed E-state index contributed by atoms with van der Waals surface area (Å²) in [5.41, 5.74) is 3.39. The zero-order valence-electron chi connectivity index (χ0n) is 14.5. The fourth-order valence-corrected chi connectivity index (χ4v) is 4.38. The van der Waals surface area contributed by atoms with E-state index < -0.39 is 0 Å². The molecule has 0 aromatic heterocycles. The molecule has 2 atom stereocenters. The number of piperidine rings is 1. The summed E-state index contributed by atoms with van der Waals surface area (Å²) in [6, 6.07) is 15.6. The van der Waals surface area contributed by atoms with Crippen LogP contribution < -0.4 is 0 Å². The number of hydrogen-bond acceptors (Lipinski definition) is 2. The highest BCUT2D eigenvalue weighted by Gasteiger charge is 2.44. The summed E-state index contributed by atoms with van der Waals surface area (Å²) in [6.45, 7) is 0. The monoisotopic (exact) mass is 383 g/mol. The van der Waals surface area contributed by atoms with Crippen LogP contribution in [0, 0.1) is 0 Å². The summed E-state index contributed by atoms with van der Waals surface area (Å²) in [5, 5.41) is 1.32. The van der Waals surface area contributed by atoms with Gasteiger partial charge in [0.1, 0.15) is 0 Å². The average Bonchev–Trinajstić information content (AvgIpc) is 2.94. The minimum absolute atomic E-state index is 0.107. The molecule has 2 fully saturated rings. The van der Waals surface area contributed by atoms with Crippen LogP contribution in [0.25, 0.3) is 12.2 Å². The van der Waals surface area contributed by atoms with Gasteiger partial charge in [0.2, 0.25) is 0 Å². The van der Waals surface area contributed by atoms with Gasteiger partial charge in [-0.2, -0.15) is 0 Å². The molecule has 2 bridgehead atoms. The molecule has 2 aromatic carbocycles. The van der Waals surface area contributed by atoms with E-state index in [9.17, 15) is 4.79 Å². The van der Waals surface area contributed by atoms with Crippen LogP contribution in [0.5, 0.6) is 0 Å². The van der Waals surface area contributed by atoms with E-state index in [-0.39, 0.29) is 17.9 Å². The smallest absolute Gasteiger partial charge is 0.188 e. The second kappa shape index (κ2) is 7.03. The van der Waals surface area contributed by atoms with Crippen LogP contribution in [0.4, 0.5) is 0 Å². The van der Waals surface area contributed by atoms with E-state index >= 15 is 0 Å². The van der Waals surface area contributed by atoms with Gasteiger partial charge in [-0.25, -0.2) is 0 Å². The quantitative estimate of drug-likeness (QED) is 0.637. The first kappa shape index (κ1) is 17.5. The normalized spacial score (nSPS) is 26.0. The van der Waals surface area contributed by atoms with E-state index in [0.29, 0.717) is 10.0 Å². The van der Waals surface area contributed by atoms with Gasteiger partial charge < -0.3 is 0 Å². The molecule has 0 aliphatic carbocycles. The second-order valence-corrected chi connectivity index (χ2v) is 7.66. The fourth-order valence-electron chi connectivity index (χ4n) is 4.00. The molecule has 0 amide bonds. The number of Topliss-reactive ketones (excluding diaryl/α,β-unsaturated/α-hetero) is 1. The molecule has 2 heterocycles. The lowest BCUT2D eigenvalue weighted by Crippen LogP contribution is -2.43. The van der Waals surface area contributed by atoms with E-state index in [0.717, 1.165) is 35.1 Å². The van der Waals surface area contributed by atoms with Crippen molar-refractivity contribution in [2.45, 2.75) is 24.9 Å². The predicted molar refractivity (Wildman–Crippen MR) is 108 cm³/mol. The minimum atomic E-state index is 0.107. The summed E-state index contributed by atoms with van der Waals surface area (Å²) >= 11 is 12.6. The first-order valence-electron chi connectivity index (χ1n) is 8.75. The van der Waals surface area contributed by atoms with Crippen LogP contribution in [0.2, 0.25) is 10.0 Å². The Morgan fingerprint density at radius 3 is 1.69 bits per heavy atom. The van der Waals surface area contributed by atoms with Crippen molar-refractivity contribution in [2.75, 3.05) is 7.05 Å². The van der Waals surface area contributed by atoms with E-state index in [1.807, 2.05) is 60.7 Å². The lowest BCUT2D eigenvalue weighted by molar-refractivity contribution is -0.114. The SMILES string of the molecule is CN1[C@@H]2CC[C@@H]1/C(=C\c1ccccc1Cl)C(=O)/C2=C\c1ccccc1Cl. The van der Waals surface area contributed by atoms with Crippen LogP contribution in [0.1, 0.15) is 24.0 Å². The molecule has 2 aromatic rings. The summed E-state index contributed by atoms with van der Waals surface area (Å²) in [4.78, 5) is 15.6. The maximum Gasteiger partial charge on any atom is 0.188 e. The van der Waals surface area contributed by atoms with Crippen molar-refractivity contribution in [1.29, 1.82) is 0 Å². The number of nitrogens with zero attached hydrogens (tertiary/aromatic N) is 1. The Balaban J connectivity index is 1.81. The number of carbonyl (C=O) groups is 1. The van der Waals surface area contributed by atoms with Gasteiger partial charge in [0, 0.05) is 33.3 Å². The van der Waals surface area contributed by atoms with Gasteiger partial charge in [-0.05, 0) is 55.3 Å². The maximum absolute atomic E-state index is 13.3. The molecular formula is C22H19Cl2NO. The first-order valence-corrected chi connectivity index (χ1v) is 9.50. The minimum Gasteiger partial charge on any atom is -0.292 e. The number of halogens is 2. The summed E-state index contributed by atoms with van der Waals surface area (Å²) < 4.78 is 0. The molecule has 26 heavy (non-hydrogen) atoms. The zero-order chi connectivity index (χ0) is 18.3. The van der Waals surface area contributed by atoms with Crippen molar-refractivity contribution in [1.82, 2.24) is 4.90 Å². The Bertz CT molecular complexity index is 858. The molecule has 4 heteroatoms. The third-order valence-corrected chi connectivity index (χ3v) is 6.06. The highest BCUT2D eigenvalue weighted by molar-refractivity contribution is 6.33. The lowest BCUT2D eigenvalue weighted by Gasteiger charge is -2.34. The van der Waals surface area contributed by atoms with Crippen molar-refractivity contribution in [3.63, 3.8) is 0 Å². The fraction of sp³-hybridized carbons (Fsp3) is 0.227. The van der Waals surface area contributed by atoms with Crippen molar-refractivity contribution in [2.24, 2.45) is 0 Å². The van der Waals surface area contributed by atoms with Crippen molar-refractivity contribution < 1.29 is 4.79 Å². The van der Waals surface area contributed by atoms with Gasteiger partial charge in [-0.3, -0.25) is 9.69 Å². The maximum atomic E-state index is 13.3. The van der Waals surface area contributed by atoms with Gasteiger partial charge in [-0.15, -0.1) is 0 Å². The molecule has 2 aliphatic rings. The molecule has 4 rings (SSSR count). The summed E-state index contributed by atoms with van der Waals surface area (Å²) in [5.74, 6) is 0.107. The van der Waals surface area contributed by atoms with Gasteiger partial charge in [0.05, 0.1) is 0 Å². The Kier molecular flexibility index (Phi) is 4.74. The lowest BCUT2D eigenvalue weighted by atomic mass is 9.88. The first-order chi connectivity index (χ1) is 12.6. The molecule has 0 radical (unpaired) electrons. The van der Waals surface area contributed by atoms with E-state index in [1.165, 1.54) is 0 Å². The number of benzene rings is 2. The van der Waals surface area contributed by atoms with E-state index in [1.54, 1.807) is 0 Å². The predicted octanol–water partition coefficient (Wildman–Crippen LogP) is 5.51. The van der Waals surface area contributed by atoms with Crippen LogP contribution in [0.15, 0.2) is 59.7 Å². The molecule has 2 nitrogen and oxygen atoms in total. The third-order valence-electron chi connectivity index (χ3n) is 5.37. The Morgan fingerprint density at radius 1 is 0.846 bits per heavy atom. The number of likely N-dealkylation sites (N-methyl/N-ethyl adjacent to an activating group) is 1. The number of carbonyl (C=O) groups excluding carboxylic acids is 1. The number of ketones is 1. The molecule has 0 N–H and O–H groups in total. The van der Waals surface area contributed by atoms with Gasteiger partial charge >= 0.3 is 0 Å². The highest BCUT2D eigenvalue weighted by atomic mass is 35.5. The van der Waals surface area contributed by atoms with Crippen LogP contribution in [-0.2, 0) is 4.79 Å². The second-order valence-electron chi connectivity index (χ2n) is 6.85. The Morgan fingerprint density at radius 2 is 1.27 bits per heavy atom. The summed E-state index contributed by atoms with van der Waals surface area (Å²) in [7, 11) is 2.09. The van der Waals surface area contributed by atoms with Crippen molar-refractivity contribution >= 4 is 41.1 Å². The standard InChI is InChI=1S/C22H19Cl2NO/c1-25-20-10-11-21(25)17(13-15-7-3-5-9-19(15)24)22(26)16(20)12-14-6-2-4-8-18(14)23/h2-9,12-13,20-21H,10-11H2,1H3/b16-12-,17-13+/t20-,21-/m1/s1. The molecule has 132 valence electrons. The third kappa shape index (κ3) is 3.03. The largest absolute Gasteiger partial charge is 0.292 e. The van der Waals surface area contributed by atoms with E-state index in [2.05, 4.69) is 11.9 Å². The zero-order valence-corrected chi connectivity index (χ0v) is 16.0. The molecule has 2 aliphatic heterocycles. The number of hydrogen-bond donors (Lipinski definition) is 0. The molecule has 0 saturated carbocycles. The highest BCUT2D eigenvalue weighted by Crippen LogP contribution is 2.41. The van der Waals surface area contributed by atoms with Crippen LogP contribution in [0.3, 0.4) is 0 Å². The van der Waals surface area contributed by atoms with Gasteiger partial charge in [0.25, 0.3) is 0 Å².